The topological polar surface area (TPSA) is 100 Å². The molecular weight excluding hydrogens is 462 g/mol. The van der Waals surface area contributed by atoms with Gasteiger partial charge in [0, 0.05) is 29.1 Å². The fourth-order valence-electron chi connectivity index (χ4n) is 4.86. The van der Waals surface area contributed by atoms with Gasteiger partial charge >= 0.3 is 11.9 Å². The molecule has 1 aliphatic carbocycles. The molecule has 0 unspecified atom stereocenters. The first-order valence-corrected chi connectivity index (χ1v) is 12.5. The van der Waals surface area contributed by atoms with Gasteiger partial charge in [0.15, 0.2) is 5.78 Å². The number of allylic oxidation sites excluding steroid dienone is 3. The molecule has 196 valence electrons. The van der Waals surface area contributed by atoms with Crippen LogP contribution in [0.25, 0.3) is 0 Å². The normalized spacial score (nSPS) is 21.8. The summed E-state index contributed by atoms with van der Waals surface area (Å²) in [7, 11) is 1.28. The van der Waals surface area contributed by atoms with Gasteiger partial charge in [0.05, 0.1) is 31.3 Å². The number of carbonyl (C=O) groups excluding carboxylic acids is 3. The van der Waals surface area contributed by atoms with Crippen LogP contribution in [-0.4, -0.2) is 50.8 Å². The van der Waals surface area contributed by atoms with Gasteiger partial charge in [-0.25, -0.2) is 4.79 Å². The minimum atomic E-state index is -0.950. The van der Waals surface area contributed by atoms with Gasteiger partial charge in [-0.1, -0.05) is 32.0 Å². The first-order chi connectivity index (χ1) is 17.2. The molecule has 3 rings (SSSR count). The molecule has 0 saturated carbocycles. The molecule has 8 nitrogen and oxygen atoms in total. The minimum Gasteiger partial charge on any atom is -0.491 e. The van der Waals surface area contributed by atoms with Crippen molar-refractivity contribution in [1.29, 1.82) is 0 Å². The lowest BCUT2D eigenvalue weighted by atomic mass is 9.69. The molecule has 8 heteroatoms. The summed E-state index contributed by atoms with van der Waals surface area (Å²) in [5, 5.41) is 3.27. The summed E-state index contributed by atoms with van der Waals surface area (Å²) in [5.41, 5.74) is 2.67. The lowest BCUT2D eigenvalue weighted by Crippen LogP contribution is -2.43. The van der Waals surface area contributed by atoms with E-state index in [9.17, 15) is 14.4 Å². The number of hydrogen-bond acceptors (Lipinski definition) is 8. The van der Waals surface area contributed by atoms with Crippen molar-refractivity contribution >= 4 is 17.7 Å². The van der Waals surface area contributed by atoms with E-state index in [0.717, 1.165) is 6.42 Å². The third-order valence-corrected chi connectivity index (χ3v) is 6.36. The van der Waals surface area contributed by atoms with Crippen molar-refractivity contribution in [3.05, 3.63) is 52.4 Å². The van der Waals surface area contributed by atoms with Gasteiger partial charge in [-0.05, 0) is 45.6 Å². The maximum atomic E-state index is 13.9. The highest BCUT2D eigenvalue weighted by molar-refractivity contribution is 6.12. The molecule has 0 aromatic heterocycles. The van der Waals surface area contributed by atoms with Crippen LogP contribution in [0.5, 0.6) is 5.75 Å². The second-order valence-electron chi connectivity index (χ2n) is 9.49. The molecule has 1 aromatic rings. The summed E-state index contributed by atoms with van der Waals surface area (Å²) in [6.45, 7) is 10.4. The van der Waals surface area contributed by atoms with Crippen molar-refractivity contribution in [2.75, 3.05) is 26.9 Å². The summed E-state index contributed by atoms with van der Waals surface area (Å²) in [6.07, 6.45) is 1.22. The van der Waals surface area contributed by atoms with Crippen molar-refractivity contribution < 1.29 is 33.3 Å². The predicted molar refractivity (Wildman–Crippen MR) is 134 cm³/mol. The number of ketones is 1. The van der Waals surface area contributed by atoms with E-state index in [1.807, 2.05) is 52.0 Å². The third kappa shape index (κ3) is 5.81. The number of rotatable bonds is 10. The first kappa shape index (κ1) is 27.5. The fraction of sp³-hybridized carbons (Fsp3) is 0.536. The van der Waals surface area contributed by atoms with Crippen LogP contribution in [-0.2, 0) is 28.6 Å². The Morgan fingerprint density at radius 1 is 1.14 bits per heavy atom. The zero-order chi connectivity index (χ0) is 26.4. The fourth-order valence-corrected chi connectivity index (χ4v) is 4.86. The lowest BCUT2D eigenvalue weighted by Gasteiger charge is -2.38. The smallest absolute Gasteiger partial charge is 0.336 e. The Morgan fingerprint density at radius 2 is 1.86 bits per heavy atom. The van der Waals surface area contributed by atoms with Crippen molar-refractivity contribution in [2.45, 2.75) is 59.5 Å². The van der Waals surface area contributed by atoms with Gasteiger partial charge < -0.3 is 24.3 Å². The van der Waals surface area contributed by atoms with Crippen LogP contribution in [0.15, 0.2) is 46.8 Å². The molecule has 1 heterocycles. The molecule has 1 N–H and O–H groups in total. The van der Waals surface area contributed by atoms with Crippen molar-refractivity contribution in [3.8, 4) is 5.75 Å². The van der Waals surface area contributed by atoms with Crippen molar-refractivity contribution in [1.82, 2.24) is 5.32 Å². The molecule has 0 fully saturated rings. The number of ether oxygens (including phenoxy) is 4. The molecule has 36 heavy (non-hydrogen) atoms. The second kappa shape index (κ2) is 12.2. The number of para-hydroxylation sites is 1. The van der Waals surface area contributed by atoms with Crippen LogP contribution in [0.2, 0.25) is 0 Å². The molecule has 0 radical (unpaired) electrons. The molecule has 1 aliphatic heterocycles. The van der Waals surface area contributed by atoms with E-state index in [1.165, 1.54) is 7.11 Å². The van der Waals surface area contributed by atoms with E-state index < -0.39 is 23.8 Å². The molecular formula is C28H37NO7. The SMILES string of the molecule is CCCOCCOC(=O)C1=C(C)NC2=C(C(=O)[C@@H](C(=O)OC)[C@@H](C)C2)[C@@H]1c1ccccc1OC(C)C. The summed E-state index contributed by atoms with van der Waals surface area (Å²) < 4.78 is 22.1. The van der Waals surface area contributed by atoms with Crippen LogP contribution in [0.1, 0.15) is 58.9 Å². The van der Waals surface area contributed by atoms with Crippen LogP contribution >= 0.6 is 0 Å². The van der Waals surface area contributed by atoms with E-state index in [0.29, 0.717) is 46.9 Å². The Hall–Kier alpha value is -3.13. The second-order valence-corrected chi connectivity index (χ2v) is 9.49. The molecule has 0 amide bonds. The quantitative estimate of drug-likeness (QED) is 0.292. The number of hydrogen-bond donors (Lipinski definition) is 1. The summed E-state index contributed by atoms with van der Waals surface area (Å²) in [4.78, 5) is 39.9. The molecule has 3 atom stereocenters. The highest BCUT2D eigenvalue weighted by atomic mass is 16.6. The Kier molecular flexibility index (Phi) is 9.31. The number of dihydropyridines is 1. The molecule has 0 spiro atoms. The van der Waals surface area contributed by atoms with Crippen molar-refractivity contribution in [3.63, 3.8) is 0 Å². The molecule has 2 aliphatic rings. The molecule has 0 saturated heterocycles. The van der Waals surface area contributed by atoms with Crippen LogP contribution < -0.4 is 10.1 Å². The number of nitrogens with one attached hydrogen (secondary N) is 1. The lowest BCUT2D eigenvalue weighted by molar-refractivity contribution is -0.151. The third-order valence-electron chi connectivity index (χ3n) is 6.36. The number of Topliss-reactive ketones (excluding diaryl/α,β-unsaturated/α-hetero) is 1. The zero-order valence-electron chi connectivity index (χ0n) is 22.0. The maximum Gasteiger partial charge on any atom is 0.336 e. The average Bonchev–Trinajstić information content (AvgIpc) is 2.82. The number of carbonyl (C=O) groups is 3. The summed E-state index contributed by atoms with van der Waals surface area (Å²) in [5.74, 6) is -2.86. The van der Waals surface area contributed by atoms with Crippen LogP contribution in [0.3, 0.4) is 0 Å². The zero-order valence-corrected chi connectivity index (χ0v) is 22.0. The first-order valence-electron chi connectivity index (χ1n) is 12.5. The van der Waals surface area contributed by atoms with Gasteiger partial charge in [0.2, 0.25) is 0 Å². The van der Waals surface area contributed by atoms with Gasteiger partial charge in [0.25, 0.3) is 0 Å². The molecule has 1 aromatic carbocycles. The monoisotopic (exact) mass is 499 g/mol. The van der Waals surface area contributed by atoms with Crippen LogP contribution in [0.4, 0.5) is 0 Å². The van der Waals surface area contributed by atoms with E-state index >= 15 is 0 Å². The predicted octanol–water partition coefficient (Wildman–Crippen LogP) is 4.06. The van der Waals surface area contributed by atoms with Gasteiger partial charge in [-0.2, -0.15) is 0 Å². The van der Waals surface area contributed by atoms with Gasteiger partial charge in [-0.3, -0.25) is 9.59 Å². The number of esters is 2. The van der Waals surface area contributed by atoms with E-state index in [2.05, 4.69) is 5.32 Å². The standard InChI is InChI=1S/C28H37NO7/c1-7-12-34-13-14-35-28(32)23-18(5)29-20-15-17(4)22(27(31)33-6)26(30)25(20)24(23)19-10-8-9-11-21(19)36-16(2)3/h8-11,16-17,22,24,29H,7,12-15H2,1-6H3/t17-,22-,24+/m0/s1. The van der Waals surface area contributed by atoms with Crippen molar-refractivity contribution in [2.24, 2.45) is 11.8 Å². The van der Waals surface area contributed by atoms with Gasteiger partial charge in [-0.15, -0.1) is 0 Å². The largest absolute Gasteiger partial charge is 0.491 e. The summed E-state index contributed by atoms with van der Waals surface area (Å²) >= 11 is 0. The van der Waals surface area contributed by atoms with E-state index in [1.54, 1.807) is 6.92 Å². The van der Waals surface area contributed by atoms with E-state index in [-0.39, 0.29) is 31.0 Å². The number of methoxy groups -OCH3 is 1. The Balaban J connectivity index is 2.10. The Bertz CT molecular complexity index is 1060. The number of benzene rings is 1. The maximum absolute atomic E-state index is 13.9. The minimum absolute atomic E-state index is 0.0914. The van der Waals surface area contributed by atoms with E-state index in [4.69, 9.17) is 18.9 Å². The van der Waals surface area contributed by atoms with Gasteiger partial charge in [0.1, 0.15) is 18.3 Å². The summed E-state index contributed by atoms with van der Waals surface area (Å²) in [6, 6.07) is 7.36. The highest BCUT2D eigenvalue weighted by Gasteiger charge is 2.47. The highest BCUT2D eigenvalue weighted by Crippen LogP contribution is 2.47. The molecule has 0 bridgehead atoms. The Labute approximate surface area is 213 Å². The average molecular weight is 500 g/mol. The Morgan fingerprint density at radius 3 is 2.53 bits per heavy atom. The van der Waals surface area contributed by atoms with Crippen LogP contribution in [0, 0.1) is 11.8 Å².